The Hall–Kier alpha value is -1.75. The van der Waals surface area contributed by atoms with Crippen molar-refractivity contribution >= 4 is 11.7 Å². The number of anilines is 1. The minimum Gasteiger partial charge on any atom is -0.478 e. The molecule has 2 saturated carbocycles. The summed E-state index contributed by atoms with van der Waals surface area (Å²) in [6.07, 6.45) is 9.93. The van der Waals surface area contributed by atoms with Crippen LogP contribution >= 0.6 is 0 Å². The summed E-state index contributed by atoms with van der Waals surface area (Å²) in [6, 6.07) is 6.06. The number of hydrogen-bond acceptors (Lipinski definition) is 8. The van der Waals surface area contributed by atoms with Gasteiger partial charge in [0.2, 0.25) is 0 Å². The van der Waals surface area contributed by atoms with Gasteiger partial charge in [0.1, 0.15) is 0 Å². The highest BCUT2D eigenvalue weighted by atomic mass is 16.6. The Bertz CT molecular complexity index is 665. The third kappa shape index (κ3) is 10.7. The summed E-state index contributed by atoms with van der Waals surface area (Å²) in [4.78, 5) is 10.3. The lowest BCUT2D eigenvalue weighted by molar-refractivity contribution is -0.129. The first-order valence-corrected chi connectivity index (χ1v) is 13.3. The van der Waals surface area contributed by atoms with Gasteiger partial charge in [-0.2, -0.15) is 0 Å². The summed E-state index contributed by atoms with van der Waals surface area (Å²) < 4.78 is 35.5. The molecule has 1 aromatic rings. The summed E-state index contributed by atoms with van der Waals surface area (Å²) >= 11 is 0. The zero-order valence-electron chi connectivity index (χ0n) is 21.3. The van der Waals surface area contributed by atoms with Gasteiger partial charge in [-0.05, 0) is 49.9 Å². The van der Waals surface area contributed by atoms with Crippen LogP contribution in [0.25, 0.3) is 0 Å². The minimum atomic E-state index is -0.931. The Balaban J connectivity index is 0.000000303. The molecule has 9 nitrogen and oxygen atoms in total. The molecule has 9 heteroatoms. The van der Waals surface area contributed by atoms with Crippen LogP contribution in [0.4, 0.5) is 5.69 Å². The average molecular weight is 510 g/mol. The lowest BCUT2D eigenvalue weighted by Crippen LogP contribution is -2.37. The third-order valence-corrected chi connectivity index (χ3v) is 6.68. The fourth-order valence-corrected chi connectivity index (χ4v) is 4.75. The van der Waals surface area contributed by atoms with E-state index in [9.17, 15) is 4.79 Å². The second kappa shape index (κ2) is 16.9. The summed E-state index contributed by atoms with van der Waals surface area (Å²) in [6.45, 7) is 4.93. The van der Waals surface area contributed by atoms with E-state index in [1.807, 2.05) is 0 Å². The van der Waals surface area contributed by atoms with Crippen molar-refractivity contribution in [1.82, 2.24) is 0 Å². The lowest BCUT2D eigenvalue weighted by Gasteiger charge is -2.32. The van der Waals surface area contributed by atoms with Crippen molar-refractivity contribution in [2.45, 2.75) is 75.8 Å². The van der Waals surface area contributed by atoms with Gasteiger partial charge in [-0.25, -0.2) is 4.79 Å². The average Bonchev–Trinajstić information content (AvgIpc) is 2.89. The number of nitrogen functional groups attached to an aromatic ring is 1. The summed E-state index contributed by atoms with van der Waals surface area (Å²) in [5.41, 5.74) is 6.17. The molecule has 3 N–H and O–H groups in total. The number of carbonyl (C=O) groups is 1. The van der Waals surface area contributed by atoms with E-state index in [4.69, 9.17) is 39.3 Å². The van der Waals surface area contributed by atoms with E-state index in [2.05, 4.69) is 0 Å². The number of ether oxygens (including phenoxy) is 6. The monoisotopic (exact) mass is 509 g/mol. The first kappa shape index (κ1) is 28.8. The second-order valence-corrected chi connectivity index (χ2v) is 9.36. The molecule has 1 heterocycles. The van der Waals surface area contributed by atoms with Gasteiger partial charge in [-0.15, -0.1) is 0 Å². The molecule has 1 saturated heterocycles. The fourth-order valence-electron chi connectivity index (χ4n) is 4.75. The van der Waals surface area contributed by atoms with Crippen molar-refractivity contribution in [3.8, 4) is 0 Å². The predicted molar refractivity (Wildman–Crippen MR) is 135 cm³/mol. The van der Waals surface area contributed by atoms with Crippen LogP contribution < -0.4 is 5.73 Å². The van der Waals surface area contributed by atoms with E-state index in [0.29, 0.717) is 58.5 Å². The topological polar surface area (TPSA) is 119 Å². The predicted octanol–water partition coefficient (Wildman–Crippen LogP) is 3.69. The Labute approximate surface area is 214 Å². The number of nitrogens with two attached hydrogens (primary N) is 1. The van der Waals surface area contributed by atoms with Crippen molar-refractivity contribution in [3.05, 3.63) is 29.8 Å². The SMILES string of the molecule is C1CCC2OCCOCCOC3CCCCC3OCCOCCOC2C1.Nc1ccc(C(=O)O)cc1. The van der Waals surface area contributed by atoms with E-state index >= 15 is 0 Å². The normalized spacial score (nSPS) is 29.2. The number of hydrogen-bond donors (Lipinski definition) is 2. The quantitative estimate of drug-likeness (QED) is 0.546. The third-order valence-electron chi connectivity index (χ3n) is 6.68. The number of benzene rings is 1. The number of carboxylic acids is 1. The van der Waals surface area contributed by atoms with Crippen LogP contribution in [-0.4, -0.2) is 88.3 Å². The van der Waals surface area contributed by atoms with Crippen LogP contribution in [0.3, 0.4) is 0 Å². The van der Waals surface area contributed by atoms with Crippen LogP contribution in [0, 0.1) is 0 Å². The molecule has 0 spiro atoms. The fraction of sp³-hybridized carbons (Fsp3) is 0.741. The summed E-state index contributed by atoms with van der Waals surface area (Å²) in [5.74, 6) is -0.931. The largest absolute Gasteiger partial charge is 0.478 e. The molecule has 0 aromatic heterocycles. The molecule has 3 aliphatic rings. The molecule has 1 aromatic carbocycles. The van der Waals surface area contributed by atoms with Crippen molar-refractivity contribution in [3.63, 3.8) is 0 Å². The highest BCUT2D eigenvalue weighted by Gasteiger charge is 2.27. The van der Waals surface area contributed by atoms with Crippen LogP contribution in [0.5, 0.6) is 0 Å². The first-order valence-electron chi connectivity index (χ1n) is 13.3. The molecule has 3 fully saturated rings. The Morgan fingerprint density at radius 2 is 0.944 bits per heavy atom. The van der Waals surface area contributed by atoms with E-state index in [-0.39, 0.29) is 30.0 Å². The van der Waals surface area contributed by atoms with Crippen LogP contribution in [-0.2, 0) is 28.4 Å². The number of aromatic carboxylic acids is 1. The summed E-state index contributed by atoms with van der Waals surface area (Å²) in [7, 11) is 0. The maximum absolute atomic E-state index is 10.3. The van der Waals surface area contributed by atoms with Gasteiger partial charge in [0.15, 0.2) is 0 Å². The van der Waals surface area contributed by atoms with Gasteiger partial charge < -0.3 is 39.3 Å². The van der Waals surface area contributed by atoms with Crippen LogP contribution in [0.2, 0.25) is 0 Å². The van der Waals surface area contributed by atoms with Crippen LogP contribution in [0.15, 0.2) is 24.3 Å². The lowest BCUT2D eigenvalue weighted by atomic mass is 9.94. The van der Waals surface area contributed by atoms with Crippen molar-refractivity contribution < 1.29 is 38.3 Å². The Morgan fingerprint density at radius 1 is 0.611 bits per heavy atom. The van der Waals surface area contributed by atoms with Gasteiger partial charge in [0, 0.05) is 5.69 Å². The maximum Gasteiger partial charge on any atom is 0.335 e. The zero-order valence-corrected chi connectivity index (χ0v) is 21.3. The van der Waals surface area contributed by atoms with Gasteiger partial charge in [0.25, 0.3) is 0 Å². The van der Waals surface area contributed by atoms with E-state index < -0.39 is 5.97 Å². The van der Waals surface area contributed by atoms with E-state index in [1.54, 1.807) is 12.1 Å². The van der Waals surface area contributed by atoms with E-state index in [1.165, 1.54) is 37.8 Å². The van der Waals surface area contributed by atoms with Gasteiger partial charge in [-0.1, -0.05) is 25.7 Å². The molecule has 0 bridgehead atoms. The van der Waals surface area contributed by atoms with Crippen LogP contribution in [0.1, 0.15) is 61.7 Å². The van der Waals surface area contributed by atoms with Gasteiger partial charge in [0.05, 0.1) is 82.8 Å². The molecule has 36 heavy (non-hydrogen) atoms. The molecule has 4 rings (SSSR count). The highest BCUT2D eigenvalue weighted by Crippen LogP contribution is 2.25. The van der Waals surface area contributed by atoms with Crippen molar-refractivity contribution in [1.29, 1.82) is 0 Å². The summed E-state index contributed by atoms with van der Waals surface area (Å²) in [5, 5.41) is 8.43. The molecule has 2 aliphatic carbocycles. The Kier molecular flexibility index (Phi) is 13.5. The molecule has 204 valence electrons. The molecule has 0 amide bonds. The maximum atomic E-state index is 10.3. The standard InChI is InChI=1S/C20H36O6.C7H7NO2/c1-2-6-18-17(5-1)23-13-9-21-11-15-25-19-7-3-4-8-20(19)26-16-12-22-10-14-24-18;8-6-3-1-5(2-4-6)7(9)10/h17-20H,1-16H2;1-4H,8H2,(H,9,10). The highest BCUT2D eigenvalue weighted by molar-refractivity contribution is 5.87. The van der Waals surface area contributed by atoms with Crippen molar-refractivity contribution in [2.75, 3.05) is 58.6 Å². The smallest absolute Gasteiger partial charge is 0.335 e. The van der Waals surface area contributed by atoms with Crippen molar-refractivity contribution in [2.24, 2.45) is 0 Å². The number of fused-ring (bicyclic) bond motifs is 2. The molecular weight excluding hydrogens is 466 g/mol. The molecule has 1 aliphatic heterocycles. The first-order chi connectivity index (χ1) is 17.6. The Morgan fingerprint density at radius 3 is 1.25 bits per heavy atom. The van der Waals surface area contributed by atoms with E-state index in [0.717, 1.165) is 25.7 Å². The minimum absolute atomic E-state index is 0.189. The van der Waals surface area contributed by atoms with Gasteiger partial charge >= 0.3 is 5.97 Å². The zero-order chi connectivity index (χ0) is 25.4. The number of carboxylic acid groups (broad SMARTS) is 1. The number of rotatable bonds is 1. The van der Waals surface area contributed by atoms with Gasteiger partial charge in [-0.3, -0.25) is 0 Å². The molecule has 4 atom stereocenters. The molecule has 0 radical (unpaired) electrons. The second-order valence-electron chi connectivity index (χ2n) is 9.36. The molecule has 4 unspecified atom stereocenters. The molecular formula is C27H43NO8.